The van der Waals surface area contributed by atoms with Gasteiger partial charge in [0.15, 0.2) is 10.8 Å². The van der Waals surface area contributed by atoms with Crippen LogP contribution >= 0.6 is 11.3 Å². The highest BCUT2D eigenvalue weighted by Crippen LogP contribution is 2.26. The normalized spacial score (nSPS) is 23.4. The summed E-state index contributed by atoms with van der Waals surface area (Å²) < 4.78 is 5.29. The molecule has 134 valence electrons. The van der Waals surface area contributed by atoms with E-state index in [-0.39, 0.29) is 12.5 Å². The van der Waals surface area contributed by atoms with Crippen LogP contribution in [0.25, 0.3) is 10.8 Å². The zero-order chi connectivity index (χ0) is 17.8. The first-order chi connectivity index (χ1) is 12.1. The van der Waals surface area contributed by atoms with E-state index < -0.39 is 18.2 Å². The SMILES string of the molecule is CCc1nc(-c2ncccn2)sc1C(=O)N[C@H]1CCO[C@H](CO)[C@H]1O. The fourth-order valence-corrected chi connectivity index (χ4v) is 3.71. The molecule has 3 N–H and O–H groups in total. The van der Waals surface area contributed by atoms with Gasteiger partial charge in [0.25, 0.3) is 5.91 Å². The Morgan fingerprint density at radius 3 is 2.88 bits per heavy atom. The lowest BCUT2D eigenvalue weighted by molar-refractivity contribution is -0.107. The molecule has 1 aliphatic rings. The molecule has 0 aliphatic carbocycles. The second-order valence-corrected chi connectivity index (χ2v) is 6.67. The van der Waals surface area contributed by atoms with E-state index in [0.29, 0.717) is 40.9 Å². The minimum atomic E-state index is -0.947. The summed E-state index contributed by atoms with van der Waals surface area (Å²) in [6.45, 7) is 2.01. The molecule has 1 fully saturated rings. The number of aliphatic hydroxyl groups excluding tert-OH is 2. The molecule has 9 heteroatoms. The number of nitrogens with one attached hydrogen (secondary N) is 1. The Balaban J connectivity index is 1.79. The van der Waals surface area contributed by atoms with Crippen LogP contribution in [-0.4, -0.2) is 62.5 Å². The van der Waals surface area contributed by atoms with Crippen molar-refractivity contribution in [1.82, 2.24) is 20.3 Å². The Morgan fingerprint density at radius 2 is 2.20 bits per heavy atom. The van der Waals surface area contributed by atoms with Gasteiger partial charge in [0, 0.05) is 19.0 Å². The third-order valence-corrected chi connectivity index (χ3v) is 5.14. The van der Waals surface area contributed by atoms with Crippen molar-refractivity contribution in [2.45, 2.75) is 38.0 Å². The minimum Gasteiger partial charge on any atom is -0.394 e. The number of aryl methyl sites for hydroxylation is 1. The molecule has 1 aliphatic heterocycles. The molecule has 0 aromatic carbocycles. The van der Waals surface area contributed by atoms with Gasteiger partial charge in [-0.25, -0.2) is 15.0 Å². The molecule has 8 nitrogen and oxygen atoms in total. The van der Waals surface area contributed by atoms with E-state index in [9.17, 15) is 15.0 Å². The van der Waals surface area contributed by atoms with Gasteiger partial charge in [-0.05, 0) is 18.9 Å². The molecular formula is C16H20N4O4S. The van der Waals surface area contributed by atoms with Crippen LogP contribution in [0.4, 0.5) is 0 Å². The summed E-state index contributed by atoms with van der Waals surface area (Å²) in [5.41, 5.74) is 0.671. The summed E-state index contributed by atoms with van der Waals surface area (Å²) in [7, 11) is 0. The second-order valence-electron chi connectivity index (χ2n) is 5.67. The van der Waals surface area contributed by atoms with Crippen molar-refractivity contribution in [3.05, 3.63) is 29.0 Å². The van der Waals surface area contributed by atoms with Crippen molar-refractivity contribution >= 4 is 17.2 Å². The number of carbonyl (C=O) groups excluding carboxylic acids is 1. The van der Waals surface area contributed by atoms with E-state index >= 15 is 0 Å². The van der Waals surface area contributed by atoms with Gasteiger partial charge in [-0.2, -0.15) is 0 Å². The fraction of sp³-hybridized carbons (Fsp3) is 0.500. The van der Waals surface area contributed by atoms with Crippen molar-refractivity contribution in [3.63, 3.8) is 0 Å². The van der Waals surface area contributed by atoms with Gasteiger partial charge in [0.2, 0.25) is 0 Å². The topological polar surface area (TPSA) is 117 Å². The number of amides is 1. The maximum atomic E-state index is 12.7. The summed E-state index contributed by atoms with van der Waals surface area (Å²) in [5, 5.41) is 22.8. The first-order valence-corrected chi connectivity index (χ1v) is 8.94. The highest BCUT2D eigenvalue weighted by atomic mass is 32.1. The van der Waals surface area contributed by atoms with Crippen LogP contribution in [0.5, 0.6) is 0 Å². The Morgan fingerprint density at radius 1 is 1.44 bits per heavy atom. The molecule has 0 bridgehead atoms. The van der Waals surface area contributed by atoms with Gasteiger partial charge in [-0.1, -0.05) is 6.92 Å². The summed E-state index contributed by atoms with van der Waals surface area (Å²) >= 11 is 1.23. The summed E-state index contributed by atoms with van der Waals surface area (Å²) in [4.78, 5) is 26.0. The van der Waals surface area contributed by atoms with Gasteiger partial charge in [0.1, 0.15) is 17.1 Å². The molecule has 0 spiro atoms. The van der Waals surface area contributed by atoms with Crippen LogP contribution in [0.1, 0.15) is 28.7 Å². The number of aromatic nitrogens is 3. The van der Waals surface area contributed by atoms with Gasteiger partial charge in [-0.3, -0.25) is 4.79 Å². The van der Waals surface area contributed by atoms with Crippen molar-refractivity contribution in [1.29, 1.82) is 0 Å². The number of rotatable bonds is 5. The van der Waals surface area contributed by atoms with Crippen LogP contribution in [-0.2, 0) is 11.2 Å². The number of carbonyl (C=O) groups is 1. The smallest absolute Gasteiger partial charge is 0.263 e. The van der Waals surface area contributed by atoms with Gasteiger partial charge >= 0.3 is 0 Å². The molecule has 25 heavy (non-hydrogen) atoms. The minimum absolute atomic E-state index is 0.288. The highest BCUT2D eigenvalue weighted by Gasteiger charge is 2.34. The number of hydrogen-bond donors (Lipinski definition) is 3. The van der Waals surface area contributed by atoms with Gasteiger partial charge < -0.3 is 20.3 Å². The van der Waals surface area contributed by atoms with Crippen LogP contribution in [0.2, 0.25) is 0 Å². The van der Waals surface area contributed by atoms with Crippen LogP contribution in [0, 0.1) is 0 Å². The Kier molecular flexibility index (Phi) is 5.69. The second kappa shape index (κ2) is 7.96. The van der Waals surface area contributed by atoms with E-state index in [0.717, 1.165) is 0 Å². The number of nitrogens with zero attached hydrogens (tertiary/aromatic N) is 3. The van der Waals surface area contributed by atoms with Gasteiger partial charge in [-0.15, -0.1) is 11.3 Å². The van der Waals surface area contributed by atoms with Crippen LogP contribution in [0.3, 0.4) is 0 Å². The molecular weight excluding hydrogens is 344 g/mol. The van der Waals surface area contributed by atoms with E-state index in [1.165, 1.54) is 11.3 Å². The lowest BCUT2D eigenvalue weighted by Crippen LogP contribution is -2.54. The largest absolute Gasteiger partial charge is 0.394 e. The third kappa shape index (κ3) is 3.84. The standard InChI is InChI=1S/C16H20N4O4S/c1-2-9-13(25-16(20-9)14-17-5-3-6-18-14)15(23)19-10-4-7-24-11(8-21)12(10)22/h3,5-6,10-12,21-22H,2,4,7-8H2,1H3,(H,19,23)/t10-,11+,12-/m0/s1. The molecule has 2 aromatic heterocycles. The number of aliphatic hydroxyl groups is 2. The van der Waals surface area contributed by atoms with Crippen LogP contribution < -0.4 is 5.32 Å². The maximum absolute atomic E-state index is 12.7. The third-order valence-electron chi connectivity index (χ3n) is 4.05. The molecule has 3 heterocycles. The summed E-state index contributed by atoms with van der Waals surface area (Å²) in [5.74, 6) is 0.187. The van der Waals surface area contributed by atoms with Crippen molar-refractivity contribution < 1.29 is 19.7 Å². The molecule has 2 aromatic rings. The highest BCUT2D eigenvalue weighted by molar-refractivity contribution is 7.17. The first-order valence-electron chi connectivity index (χ1n) is 8.12. The van der Waals surface area contributed by atoms with Gasteiger partial charge in [0.05, 0.1) is 18.3 Å². The summed E-state index contributed by atoms with van der Waals surface area (Å²) in [6.07, 6.45) is 2.71. The molecule has 0 radical (unpaired) electrons. The van der Waals surface area contributed by atoms with Crippen molar-refractivity contribution in [3.8, 4) is 10.8 Å². The lowest BCUT2D eigenvalue weighted by Gasteiger charge is -2.34. The summed E-state index contributed by atoms with van der Waals surface area (Å²) in [6, 6.07) is 1.25. The average molecular weight is 364 g/mol. The first kappa shape index (κ1) is 17.9. The number of hydrogen-bond acceptors (Lipinski definition) is 8. The molecule has 0 unspecified atom stereocenters. The fourth-order valence-electron chi connectivity index (χ4n) is 2.70. The van der Waals surface area contributed by atoms with E-state index in [2.05, 4.69) is 20.3 Å². The molecule has 3 rings (SSSR count). The Hall–Kier alpha value is -1.94. The zero-order valence-electron chi connectivity index (χ0n) is 13.8. The van der Waals surface area contributed by atoms with Crippen molar-refractivity contribution in [2.24, 2.45) is 0 Å². The Bertz CT molecular complexity index is 724. The Labute approximate surface area is 148 Å². The molecule has 0 saturated carbocycles. The van der Waals surface area contributed by atoms with Crippen LogP contribution in [0.15, 0.2) is 18.5 Å². The predicted octanol–water partition coefficient (Wildman–Crippen LogP) is 0.403. The number of ether oxygens (including phenoxy) is 1. The monoisotopic (exact) mass is 364 g/mol. The van der Waals surface area contributed by atoms with E-state index in [4.69, 9.17) is 4.74 Å². The quantitative estimate of drug-likeness (QED) is 0.703. The maximum Gasteiger partial charge on any atom is 0.263 e. The lowest BCUT2D eigenvalue weighted by atomic mass is 10.00. The average Bonchev–Trinajstić information content (AvgIpc) is 3.09. The van der Waals surface area contributed by atoms with Crippen molar-refractivity contribution in [2.75, 3.05) is 13.2 Å². The molecule has 1 saturated heterocycles. The molecule has 1 amide bonds. The number of thiazole rings is 1. The van der Waals surface area contributed by atoms with E-state index in [1.54, 1.807) is 18.5 Å². The zero-order valence-corrected chi connectivity index (χ0v) is 14.6. The van der Waals surface area contributed by atoms with E-state index in [1.807, 2.05) is 6.92 Å². The molecule has 3 atom stereocenters. The predicted molar refractivity (Wildman–Crippen MR) is 91.2 cm³/mol.